The van der Waals surface area contributed by atoms with E-state index in [0.29, 0.717) is 17.7 Å². The van der Waals surface area contributed by atoms with Crippen molar-refractivity contribution in [3.63, 3.8) is 0 Å². The highest BCUT2D eigenvalue weighted by Gasteiger charge is 2.31. The summed E-state index contributed by atoms with van der Waals surface area (Å²) < 4.78 is 14.1. The molecule has 1 amide bonds. The molecule has 5 rings (SSSR count). The molecular formula is C23H18FN3O2. The topological polar surface area (TPSA) is 74.8 Å². The van der Waals surface area contributed by atoms with Gasteiger partial charge in [-0.3, -0.25) is 14.6 Å². The van der Waals surface area contributed by atoms with Crippen LogP contribution in [0.2, 0.25) is 0 Å². The molecule has 0 atom stereocenters. The number of fused-ring (bicyclic) bond motifs is 5. The maximum Gasteiger partial charge on any atom is 0.247 e. The molecule has 29 heavy (non-hydrogen) atoms. The lowest BCUT2D eigenvalue weighted by molar-refractivity contribution is -0.111. The minimum atomic E-state index is -0.525. The third-order valence-electron chi connectivity index (χ3n) is 5.67. The zero-order valence-electron chi connectivity index (χ0n) is 15.6. The average Bonchev–Trinajstić information content (AvgIpc) is 3.29. The Morgan fingerprint density at radius 3 is 2.90 bits per heavy atom. The van der Waals surface area contributed by atoms with Crippen LogP contribution in [0.4, 0.5) is 10.1 Å². The van der Waals surface area contributed by atoms with Crippen molar-refractivity contribution in [2.75, 3.05) is 5.32 Å². The molecule has 2 aliphatic rings. The van der Waals surface area contributed by atoms with Gasteiger partial charge in [-0.05, 0) is 60.7 Å². The second kappa shape index (κ2) is 6.51. The van der Waals surface area contributed by atoms with E-state index in [0.717, 1.165) is 59.0 Å². The van der Waals surface area contributed by atoms with E-state index in [1.807, 2.05) is 12.3 Å². The van der Waals surface area contributed by atoms with Gasteiger partial charge in [0.1, 0.15) is 5.82 Å². The number of aromatic nitrogens is 2. The number of Topliss-reactive ketones (excluding diaryl/α,β-unsaturated/α-hetero) is 1. The highest BCUT2D eigenvalue weighted by Crippen LogP contribution is 2.40. The first-order valence-electron chi connectivity index (χ1n) is 9.54. The summed E-state index contributed by atoms with van der Waals surface area (Å²) in [6.07, 6.45) is 5.94. The molecule has 144 valence electrons. The van der Waals surface area contributed by atoms with Crippen molar-refractivity contribution in [1.29, 1.82) is 0 Å². The fourth-order valence-corrected chi connectivity index (χ4v) is 4.26. The zero-order chi connectivity index (χ0) is 20.1. The summed E-state index contributed by atoms with van der Waals surface area (Å²) in [5, 5.41) is 2.48. The molecule has 2 aromatic heterocycles. The summed E-state index contributed by atoms with van der Waals surface area (Å²) in [4.78, 5) is 31.8. The van der Waals surface area contributed by atoms with Crippen LogP contribution in [0.1, 0.15) is 33.6 Å². The third-order valence-corrected chi connectivity index (χ3v) is 5.67. The standard InChI is InChI=1S/C23H18FN3O2/c1-2-21(29)26-19-9-12(4-6-16(19)24)18-10-15-13(11-25-18)3-5-14-22-17(27-23(14)15)7-8-20(22)28/h2,4,6,9-11,27H,1,3,5,7-8H2,(H,26,29). The van der Waals surface area contributed by atoms with Crippen LogP contribution in [-0.4, -0.2) is 21.7 Å². The number of rotatable bonds is 3. The van der Waals surface area contributed by atoms with E-state index >= 15 is 0 Å². The van der Waals surface area contributed by atoms with Crippen LogP contribution in [0.5, 0.6) is 0 Å². The Bertz CT molecular complexity index is 1210. The highest BCUT2D eigenvalue weighted by molar-refractivity contribution is 6.03. The summed E-state index contributed by atoms with van der Waals surface area (Å²) in [6, 6.07) is 6.47. The molecule has 6 heteroatoms. The summed E-state index contributed by atoms with van der Waals surface area (Å²) in [5.74, 6) is -0.783. The van der Waals surface area contributed by atoms with Gasteiger partial charge in [-0.15, -0.1) is 0 Å². The Morgan fingerprint density at radius 1 is 1.21 bits per heavy atom. The number of benzene rings is 1. The van der Waals surface area contributed by atoms with Gasteiger partial charge >= 0.3 is 0 Å². The maximum atomic E-state index is 14.1. The number of ketones is 1. The predicted molar refractivity (Wildman–Crippen MR) is 108 cm³/mol. The van der Waals surface area contributed by atoms with Crippen LogP contribution in [0.3, 0.4) is 0 Å². The van der Waals surface area contributed by atoms with Crippen molar-refractivity contribution in [2.24, 2.45) is 0 Å². The van der Waals surface area contributed by atoms with Crippen LogP contribution < -0.4 is 5.32 Å². The van der Waals surface area contributed by atoms with Crippen molar-refractivity contribution in [2.45, 2.75) is 25.7 Å². The van der Waals surface area contributed by atoms with Gasteiger partial charge < -0.3 is 10.3 Å². The molecular weight excluding hydrogens is 369 g/mol. The normalized spacial score (nSPS) is 14.2. The van der Waals surface area contributed by atoms with E-state index in [1.54, 1.807) is 12.1 Å². The molecule has 3 aromatic rings. The van der Waals surface area contributed by atoms with Crippen molar-refractivity contribution in [3.8, 4) is 22.5 Å². The summed E-state index contributed by atoms with van der Waals surface area (Å²) in [7, 11) is 0. The average molecular weight is 387 g/mol. The molecule has 0 fully saturated rings. The number of anilines is 1. The first-order chi connectivity index (χ1) is 14.0. The minimum absolute atomic E-state index is 0.0806. The number of nitrogens with one attached hydrogen (secondary N) is 2. The number of nitrogens with zero attached hydrogens (tertiary/aromatic N) is 1. The first-order valence-corrected chi connectivity index (χ1v) is 9.54. The molecule has 5 nitrogen and oxygen atoms in total. The number of carbonyl (C=O) groups excluding carboxylic acids is 2. The summed E-state index contributed by atoms with van der Waals surface area (Å²) in [5.41, 5.74) is 7.60. The van der Waals surface area contributed by atoms with Gasteiger partial charge in [0.2, 0.25) is 5.91 Å². The van der Waals surface area contributed by atoms with E-state index in [-0.39, 0.29) is 11.5 Å². The number of amides is 1. The lowest BCUT2D eigenvalue weighted by Crippen LogP contribution is -2.09. The van der Waals surface area contributed by atoms with Crippen molar-refractivity contribution in [1.82, 2.24) is 9.97 Å². The Balaban J connectivity index is 1.59. The van der Waals surface area contributed by atoms with Crippen LogP contribution in [-0.2, 0) is 24.1 Å². The fourth-order valence-electron chi connectivity index (χ4n) is 4.26. The van der Waals surface area contributed by atoms with Crippen LogP contribution in [0.15, 0.2) is 43.1 Å². The quantitative estimate of drug-likeness (QED) is 0.661. The molecule has 0 spiro atoms. The largest absolute Gasteiger partial charge is 0.358 e. The maximum absolute atomic E-state index is 14.1. The Kier molecular flexibility index (Phi) is 3.94. The van der Waals surface area contributed by atoms with Gasteiger partial charge in [-0.1, -0.05) is 6.58 Å². The second-order valence-corrected chi connectivity index (χ2v) is 7.37. The molecule has 0 aliphatic heterocycles. The van der Waals surface area contributed by atoms with E-state index < -0.39 is 11.7 Å². The molecule has 2 aliphatic carbocycles. The van der Waals surface area contributed by atoms with E-state index in [1.165, 1.54) is 6.07 Å². The fraction of sp³-hybridized carbons (Fsp3) is 0.174. The summed E-state index contributed by atoms with van der Waals surface area (Å²) >= 11 is 0. The molecule has 1 aromatic carbocycles. The number of aromatic amines is 1. The van der Waals surface area contributed by atoms with Gasteiger partial charge in [0, 0.05) is 40.7 Å². The highest BCUT2D eigenvalue weighted by atomic mass is 19.1. The zero-order valence-corrected chi connectivity index (χ0v) is 15.6. The number of carbonyl (C=O) groups is 2. The number of pyridine rings is 1. The lowest BCUT2D eigenvalue weighted by Gasteiger charge is -2.18. The van der Waals surface area contributed by atoms with E-state index in [4.69, 9.17) is 0 Å². The number of halogens is 1. The number of hydrogen-bond acceptors (Lipinski definition) is 3. The number of hydrogen-bond donors (Lipinski definition) is 2. The molecule has 0 unspecified atom stereocenters. The monoisotopic (exact) mass is 387 g/mol. The second-order valence-electron chi connectivity index (χ2n) is 7.37. The summed E-state index contributed by atoms with van der Waals surface area (Å²) in [6.45, 7) is 3.39. The van der Waals surface area contributed by atoms with E-state index in [9.17, 15) is 14.0 Å². The molecule has 0 saturated heterocycles. The molecule has 2 N–H and O–H groups in total. The van der Waals surface area contributed by atoms with Crippen LogP contribution in [0, 0.1) is 5.82 Å². The molecule has 0 radical (unpaired) electrons. The van der Waals surface area contributed by atoms with E-state index in [2.05, 4.69) is 21.9 Å². The molecule has 0 bridgehead atoms. The van der Waals surface area contributed by atoms with Crippen molar-refractivity contribution in [3.05, 3.63) is 71.3 Å². The smallest absolute Gasteiger partial charge is 0.247 e. The molecule has 0 saturated carbocycles. The predicted octanol–water partition coefficient (Wildman–Crippen LogP) is 4.23. The number of aryl methyl sites for hydroxylation is 2. The minimum Gasteiger partial charge on any atom is -0.358 e. The SMILES string of the molecule is C=CC(=O)Nc1cc(-c2cc3c(cn2)CCc2c-3[nH]c3c2C(=O)CC3)ccc1F. The van der Waals surface area contributed by atoms with Gasteiger partial charge in [-0.2, -0.15) is 0 Å². The van der Waals surface area contributed by atoms with Crippen LogP contribution >= 0.6 is 0 Å². The third kappa shape index (κ3) is 2.79. The van der Waals surface area contributed by atoms with Gasteiger partial charge in [-0.25, -0.2) is 4.39 Å². The molecule has 2 heterocycles. The Morgan fingerprint density at radius 2 is 2.07 bits per heavy atom. The van der Waals surface area contributed by atoms with Crippen molar-refractivity contribution < 1.29 is 14.0 Å². The van der Waals surface area contributed by atoms with Crippen LogP contribution in [0.25, 0.3) is 22.5 Å². The van der Waals surface area contributed by atoms with Gasteiger partial charge in [0.25, 0.3) is 0 Å². The van der Waals surface area contributed by atoms with Crippen molar-refractivity contribution >= 4 is 17.4 Å². The van der Waals surface area contributed by atoms with Gasteiger partial charge in [0.15, 0.2) is 5.78 Å². The number of H-pyrrole nitrogens is 1. The first kappa shape index (κ1) is 17.6. The Labute approximate surface area is 166 Å². The lowest BCUT2D eigenvalue weighted by atomic mass is 9.88. The van der Waals surface area contributed by atoms with Gasteiger partial charge in [0.05, 0.1) is 11.4 Å². The Hall–Kier alpha value is -3.54.